The van der Waals surface area contributed by atoms with Gasteiger partial charge < -0.3 is 19.7 Å². The van der Waals surface area contributed by atoms with Gasteiger partial charge in [0.2, 0.25) is 5.91 Å². The monoisotopic (exact) mass is 526 g/mol. The quantitative estimate of drug-likeness (QED) is 0.442. The molecule has 8 heteroatoms. The van der Waals surface area contributed by atoms with Crippen molar-refractivity contribution in [2.45, 2.75) is 63.6 Å². The average Bonchev–Trinajstić information content (AvgIpc) is 3.17. The molecule has 4 rings (SSSR count). The Balaban J connectivity index is 1.40. The van der Waals surface area contributed by atoms with Gasteiger partial charge in [-0.1, -0.05) is 29.0 Å². The molecular formula is C22H31IN4O3. The van der Waals surface area contributed by atoms with Gasteiger partial charge in [-0.2, -0.15) is 4.98 Å². The maximum absolute atomic E-state index is 13.0. The summed E-state index contributed by atoms with van der Waals surface area (Å²) in [6.07, 6.45) is 6.63. The normalized spacial score (nSPS) is 25.5. The number of aromatic nitrogens is 1. The highest BCUT2D eigenvalue weighted by Gasteiger charge is 2.32. The third-order valence-electron chi connectivity index (χ3n) is 6.45. The van der Waals surface area contributed by atoms with Crippen molar-refractivity contribution in [3.63, 3.8) is 0 Å². The molecule has 0 radical (unpaired) electrons. The highest BCUT2D eigenvalue weighted by molar-refractivity contribution is 14.1. The highest BCUT2D eigenvalue weighted by atomic mass is 127. The summed E-state index contributed by atoms with van der Waals surface area (Å²) in [5.41, 5.74) is 1.23. The van der Waals surface area contributed by atoms with E-state index in [-0.39, 0.29) is 17.7 Å². The van der Waals surface area contributed by atoms with Crippen molar-refractivity contribution in [2.24, 2.45) is 0 Å². The Bertz CT molecular complexity index is 873. The number of hydrogen-bond donors (Lipinski definition) is 2. The van der Waals surface area contributed by atoms with E-state index < -0.39 is 0 Å². The lowest BCUT2D eigenvalue weighted by Crippen LogP contribution is -2.53. The van der Waals surface area contributed by atoms with Gasteiger partial charge in [0.15, 0.2) is 5.58 Å². The number of phenolic OH excluding ortho intramolecular Hbond substituents is 1. The smallest absolute Gasteiger partial charge is 0.299 e. The number of anilines is 1. The number of rotatable bonds is 6. The van der Waals surface area contributed by atoms with Crippen molar-refractivity contribution in [2.75, 3.05) is 29.0 Å². The molecule has 0 aliphatic carbocycles. The predicted molar refractivity (Wildman–Crippen MR) is 126 cm³/mol. The lowest BCUT2D eigenvalue weighted by Gasteiger charge is -2.40. The van der Waals surface area contributed by atoms with Crippen LogP contribution in [-0.4, -0.2) is 63.1 Å². The SMILES string of the molecule is C[C@@H]1CCC[C@H](CI)N1CCNC(=O)[C@@H]1CCCCN1c1nc2ccc(O)cc2o1. The van der Waals surface area contributed by atoms with Crippen molar-refractivity contribution in [1.29, 1.82) is 0 Å². The number of fused-ring (bicyclic) bond motifs is 1. The number of nitrogens with one attached hydrogen (secondary N) is 1. The first-order chi connectivity index (χ1) is 14.6. The summed E-state index contributed by atoms with van der Waals surface area (Å²) in [5.74, 6) is 0.199. The number of phenols is 1. The summed E-state index contributed by atoms with van der Waals surface area (Å²) in [6, 6.07) is 6.30. The van der Waals surface area contributed by atoms with E-state index in [2.05, 4.69) is 44.7 Å². The Hall–Kier alpha value is -1.55. The molecule has 2 aliphatic heterocycles. The van der Waals surface area contributed by atoms with Crippen LogP contribution in [0, 0.1) is 0 Å². The summed E-state index contributed by atoms with van der Waals surface area (Å²) in [4.78, 5) is 22.1. The fraction of sp³-hybridized carbons (Fsp3) is 0.636. The van der Waals surface area contributed by atoms with E-state index in [1.807, 2.05) is 4.90 Å². The number of alkyl halides is 1. The molecular weight excluding hydrogens is 495 g/mol. The molecule has 2 N–H and O–H groups in total. The molecule has 1 aromatic heterocycles. The molecule has 0 spiro atoms. The van der Waals surface area contributed by atoms with E-state index >= 15 is 0 Å². The molecule has 164 valence electrons. The van der Waals surface area contributed by atoms with E-state index in [1.54, 1.807) is 18.2 Å². The highest BCUT2D eigenvalue weighted by Crippen LogP contribution is 2.29. The maximum atomic E-state index is 13.0. The predicted octanol–water partition coefficient (Wildman–Crippen LogP) is 3.69. The van der Waals surface area contributed by atoms with Gasteiger partial charge >= 0.3 is 0 Å². The van der Waals surface area contributed by atoms with Crippen LogP contribution in [-0.2, 0) is 4.79 Å². The summed E-state index contributed by atoms with van der Waals surface area (Å²) in [7, 11) is 0. The van der Waals surface area contributed by atoms with E-state index in [0.717, 1.165) is 36.8 Å². The number of oxazole rings is 1. The molecule has 0 bridgehead atoms. The molecule has 30 heavy (non-hydrogen) atoms. The molecule has 1 amide bonds. The van der Waals surface area contributed by atoms with Crippen LogP contribution < -0.4 is 10.2 Å². The van der Waals surface area contributed by atoms with E-state index in [1.165, 1.54) is 19.3 Å². The number of halogens is 1. The number of hydrogen-bond acceptors (Lipinski definition) is 6. The Kier molecular flexibility index (Phi) is 7.02. The van der Waals surface area contributed by atoms with Gasteiger partial charge in [-0.25, -0.2) is 0 Å². The molecule has 2 fully saturated rings. The van der Waals surface area contributed by atoms with Crippen molar-refractivity contribution < 1.29 is 14.3 Å². The maximum Gasteiger partial charge on any atom is 0.299 e. The van der Waals surface area contributed by atoms with Crippen molar-refractivity contribution in [1.82, 2.24) is 15.2 Å². The molecule has 7 nitrogen and oxygen atoms in total. The van der Waals surface area contributed by atoms with Gasteiger partial charge in [-0.15, -0.1) is 0 Å². The van der Waals surface area contributed by atoms with Crippen LogP contribution in [0.1, 0.15) is 45.4 Å². The van der Waals surface area contributed by atoms with Crippen molar-refractivity contribution in [3.05, 3.63) is 18.2 Å². The van der Waals surface area contributed by atoms with Crippen LogP contribution in [0.4, 0.5) is 6.01 Å². The van der Waals surface area contributed by atoms with E-state index in [0.29, 0.717) is 35.7 Å². The zero-order valence-corrected chi connectivity index (χ0v) is 19.7. The largest absolute Gasteiger partial charge is 0.508 e. The Morgan fingerprint density at radius 1 is 1.30 bits per heavy atom. The first-order valence-corrected chi connectivity index (χ1v) is 12.5. The minimum absolute atomic E-state index is 0.0514. The summed E-state index contributed by atoms with van der Waals surface area (Å²) < 4.78 is 7.02. The number of benzene rings is 1. The zero-order chi connectivity index (χ0) is 21.1. The average molecular weight is 526 g/mol. The molecule has 2 saturated heterocycles. The van der Waals surface area contributed by atoms with Gasteiger partial charge in [0.25, 0.3) is 6.01 Å². The molecule has 2 aliphatic rings. The van der Waals surface area contributed by atoms with Gasteiger partial charge in [0, 0.05) is 42.2 Å². The Morgan fingerprint density at radius 2 is 2.17 bits per heavy atom. The topological polar surface area (TPSA) is 81.8 Å². The van der Waals surface area contributed by atoms with Gasteiger partial charge in [0.05, 0.1) is 0 Å². The number of likely N-dealkylation sites (tertiary alicyclic amines) is 1. The fourth-order valence-corrected chi connectivity index (χ4v) is 5.74. The Labute approximate surface area is 191 Å². The number of carbonyl (C=O) groups excluding carboxylic acids is 1. The number of nitrogens with zero attached hydrogens (tertiary/aromatic N) is 3. The number of carbonyl (C=O) groups is 1. The van der Waals surface area contributed by atoms with Crippen LogP contribution in [0.5, 0.6) is 5.75 Å². The second-order valence-corrected chi connectivity index (χ2v) is 9.35. The first kappa shape index (κ1) is 21.7. The van der Waals surface area contributed by atoms with Crippen molar-refractivity contribution >= 4 is 45.6 Å². The minimum atomic E-state index is -0.264. The third kappa shape index (κ3) is 4.69. The lowest BCUT2D eigenvalue weighted by atomic mass is 9.97. The molecule has 3 atom stereocenters. The number of aromatic hydroxyl groups is 1. The second-order valence-electron chi connectivity index (χ2n) is 8.47. The molecule has 0 unspecified atom stereocenters. The molecule has 0 saturated carbocycles. The lowest BCUT2D eigenvalue weighted by molar-refractivity contribution is -0.123. The first-order valence-electron chi connectivity index (χ1n) is 11.0. The summed E-state index contributed by atoms with van der Waals surface area (Å²) in [6.45, 7) is 4.61. The zero-order valence-electron chi connectivity index (χ0n) is 17.5. The minimum Gasteiger partial charge on any atom is -0.508 e. The third-order valence-corrected chi connectivity index (χ3v) is 7.47. The van der Waals surface area contributed by atoms with E-state index in [9.17, 15) is 9.90 Å². The van der Waals surface area contributed by atoms with Gasteiger partial charge in [0.1, 0.15) is 17.3 Å². The molecule has 3 heterocycles. The Morgan fingerprint density at radius 3 is 3.00 bits per heavy atom. The number of piperidine rings is 2. The molecule has 1 aromatic carbocycles. The second kappa shape index (κ2) is 9.72. The fourth-order valence-electron chi connectivity index (χ4n) is 4.79. The van der Waals surface area contributed by atoms with Gasteiger partial charge in [-0.05, 0) is 51.2 Å². The summed E-state index contributed by atoms with van der Waals surface area (Å²) >= 11 is 2.48. The molecule has 2 aromatic rings. The van der Waals surface area contributed by atoms with Crippen LogP contribution >= 0.6 is 22.6 Å². The van der Waals surface area contributed by atoms with Crippen LogP contribution in [0.3, 0.4) is 0 Å². The van der Waals surface area contributed by atoms with Crippen molar-refractivity contribution in [3.8, 4) is 5.75 Å². The standard InChI is InChI=1S/C22H31IN4O3/c1-15-5-4-6-16(14-23)26(15)12-10-24-21(29)19-7-2-3-11-27(19)22-25-18-9-8-17(28)13-20(18)30-22/h8-9,13,15-16,19,28H,2-7,10-12,14H2,1H3,(H,24,29)/t15-,16-,19+/m1/s1. The van der Waals surface area contributed by atoms with Crippen LogP contribution in [0.25, 0.3) is 11.1 Å². The van der Waals surface area contributed by atoms with E-state index in [4.69, 9.17) is 4.42 Å². The van der Waals surface area contributed by atoms with Crippen LogP contribution in [0.15, 0.2) is 22.6 Å². The van der Waals surface area contributed by atoms with Crippen LogP contribution in [0.2, 0.25) is 0 Å². The van der Waals surface area contributed by atoms with Gasteiger partial charge in [-0.3, -0.25) is 9.69 Å². The number of amides is 1. The summed E-state index contributed by atoms with van der Waals surface area (Å²) in [5, 5.41) is 12.9.